The van der Waals surface area contributed by atoms with Gasteiger partial charge in [-0.05, 0) is 74.4 Å². The SMILES string of the molecule is CCCCNC(=O)[C@H](C)N(Cc1ccc(Cl)cc1)C(=O)CN(c1ccc(C)cc1)S(=O)(=O)c1ccc(Cl)cc1. The highest BCUT2D eigenvalue weighted by atomic mass is 35.5. The molecule has 1 atom stereocenters. The van der Waals surface area contributed by atoms with E-state index >= 15 is 0 Å². The first-order valence-electron chi connectivity index (χ1n) is 12.7. The zero-order valence-electron chi connectivity index (χ0n) is 22.2. The molecular weight excluding hydrogens is 557 g/mol. The van der Waals surface area contributed by atoms with Crippen LogP contribution in [0.3, 0.4) is 0 Å². The van der Waals surface area contributed by atoms with Crippen molar-refractivity contribution in [2.75, 3.05) is 17.4 Å². The number of hydrogen-bond acceptors (Lipinski definition) is 4. The molecule has 7 nitrogen and oxygen atoms in total. The van der Waals surface area contributed by atoms with Gasteiger partial charge in [-0.25, -0.2) is 8.42 Å². The Morgan fingerprint density at radius 1 is 0.897 bits per heavy atom. The molecule has 3 rings (SSSR count). The topological polar surface area (TPSA) is 86.8 Å². The molecule has 0 aromatic heterocycles. The monoisotopic (exact) mass is 589 g/mol. The Hall–Kier alpha value is -3.07. The van der Waals surface area contributed by atoms with Crippen LogP contribution in [0.2, 0.25) is 10.0 Å². The quantitative estimate of drug-likeness (QED) is 0.269. The summed E-state index contributed by atoms with van der Waals surface area (Å²) in [6.07, 6.45) is 1.72. The summed E-state index contributed by atoms with van der Waals surface area (Å²) in [5.41, 5.74) is 2.02. The number of anilines is 1. The number of carbonyl (C=O) groups is 2. The molecule has 1 N–H and O–H groups in total. The fraction of sp³-hybridized carbons (Fsp3) is 0.310. The number of halogens is 2. The maximum absolute atomic E-state index is 13.9. The van der Waals surface area contributed by atoms with Crippen molar-refractivity contribution < 1.29 is 18.0 Å². The van der Waals surface area contributed by atoms with Crippen molar-refractivity contribution in [1.82, 2.24) is 10.2 Å². The molecule has 3 aromatic carbocycles. The zero-order chi connectivity index (χ0) is 28.6. The van der Waals surface area contributed by atoms with Crippen LogP contribution in [0, 0.1) is 6.92 Å². The largest absolute Gasteiger partial charge is 0.354 e. The van der Waals surface area contributed by atoms with E-state index in [4.69, 9.17) is 23.2 Å². The summed E-state index contributed by atoms with van der Waals surface area (Å²) in [6, 6.07) is 18.7. The molecule has 0 aliphatic rings. The van der Waals surface area contributed by atoms with Gasteiger partial charge in [0.15, 0.2) is 0 Å². The standard InChI is InChI=1S/C29H33Cl2N3O4S/c1-4-5-18-32-29(36)22(3)33(19-23-8-10-24(30)11-9-23)28(35)20-34(26-14-6-21(2)7-15-26)39(37,38)27-16-12-25(31)13-17-27/h6-17,22H,4-5,18-20H2,1-3H3,(H,32,36)/t22-/m0/s1. The number of sulfonamides is 1. The van der Waals surface area contributed by atoms with Crippen LogP contribution in [0.4, 0.5) is 5.69 Å². The Labute approximate surface area is 240 Å². The smallest absolute Gasteiger partial charge is 0.264 e. The molecule has 0 aliphatic heterocycles. The van der Waals surface area contributed by atoms with E-state index in [1.165, 1.54) is 29.2 Å². The fourth-order valence-electron chi connectivity index (χ4n) is 3.88. The molecule has 0 fully saturated rings. The van der Waals surface area contributed by atoms with Gasteiger partial charge in [0.25, 0.3) is 10.0 Å². The predicted octanol–water partition coefficient (Wildman–Crippen LogP) is 5.83. The fourth-order valence-corrected chi connectivity index (χ4v) is 5.54. The number of carbonyl (C=O) groups excluding carboxylic acids is 2. The van der Waals surface area contributed by atoms with Gasteiger partial charge in [-0.3, -0.25) is 13.9 Å². The Bertz CT molecular complexity index is 1360. The molecule has 0 saturated heterocycles. The molecule has 0 aliphatic carbocycles. The molecule has 10 heteroatoms. The van der Waals surface area contributed by atoms with Gasteiger partial charge in [0.1, 0.15) is 12.6 Å². The van der Waals surface area contributed by atoms with Gasteiger partial charge in [0.05, 0.1) is 10.6 Å². The lowest BCUT2D eigenvalue weighted by molar-refractivity contribution is -0.139. The molecule has 0 bridgehead atoms. The molecule has 39 heavy (non-hydrogen) atoms. The normalized spacial score (nSPS) is 12.0. The van der Waals surface area contributed by atoms with E-state index < -0.39 is 28.5 Å². The van der Waals surface area contributed by atoms with Crippen molar-refractivity contribution in [1.29, 1.82) is 0 Å². The lowest BCUT2D eigenvalue weighted by Crippen LogP contribution is -2.51. The average molecular weight is 591 g/mol. The molecule has 0 spiro atoms. The summed E-state index contributed by atoms with van der Waals surface area (Å²) in [6.45, 7) is 5.63. The summed E-state index contributed by atoms with van der Waals surface area (Å²) in [5, 5.41) is 3.80. The molecule has 0 saturated carbocycles. The summed E-state index contributed by atoms with van der Waals surface area (Å²) in [5.74, 6) is -0.839. The van der Waals surface area contributed by atoms with E-state index in [1.54, 1.807) is 55.5 Å². The molecule has 3 aromatic rings. The third-order valence-corrected chi connectivity index (χ3v) is 8.56. The predicted molar refractivity (Wildman–Crippen MR) is 157 cm³/mol. The van der Waals surface area contributed by atoms with Crippen LogP contribution in [-0.2, 0) is 26.2 Å². The third-order valence-electron chi connectivity index (χ3n) is 6.27. The Morgan fingerprint density at radius 3 is 2.03 bits per heavy atom. The lowest BCUT2D eigenvalue weighted by Gasteiger charge is -2.32. The van der Waals surface area contributed by atoms with Crippen LogP contribution in [0.1, 0.15) is 37.8 Å². The van der Waals surface area contributed by atoms with Crippen molar-refractivity contribution in [3.8, 4) is 0 Å². The van der Waals surface area contributed by atoms with E-state index in [0.717, 1.165) is 28.3 Å². The molecular formula is C29H33Cl2N3O4S. The number of amides is 2. The highest BCUT2D eigenvalue weighted by molar-refractivity contribution is 7.92. The van der Waals surface area contributed by atoms with Gasteiger partial charge < -0.3 is 10.2 Å². The van der Waals surface area contributed by atoms with Crippen LogP contribution >= 0.6 is 23.2 Å². The molecule has 2 amide bonds. The van der Waals surface area contributed by atoms with Crippen molar-refractivity contribution in [3.05, 3.63) is 94.0 Å². The lowest BCUT2D eigenvalue weighted by atomic mass is 10.1. The van der Waals surface area contributed by atoms with E-state index in [2.05, 4.69) is 5.32 Å². The van der Waals surface area contributed by atoms with Gasteiger partial charge >= 0.3 is 0 Å². The first-order valence-corrected chi connectivity index (χ1v) is 14.9. The van der Waals surface area contributed by atoms with Gasteiger partial charge in [-0.1, -0.05) is 66.4 Å². The number of aryl methyl sites for hydroxylation is 1. The van der Waals surface area contributed by atoms with Crippen molar-refractivity contribution in [3.63, 3.8) is 0 Å². The minimum absolute atomic E-state index is 0.00474. The van der Waals surface area contributed by atoms with Crippen LogP contribution in [0.15, 0.2) is 77.7 Å². The summed E-state index contributed by atoms with van der Waals surface area (Å²) < 4.78 is 28.6. The van der Waals surface area contributed by atoms with Gasteiger partial charge in [-0.15, -0.1) is 0 Å². The third kappa shape index (κ3) is 8.21. The number of nitrogens with one attached hydrogen (secondary N) is 1. The Kier molecular flexibility index (Phi) is 10.8. The first-order chi connectivity index (χ1) is 18.5. The molecule has 0 radical (unpaired) electrons. The molecule has 208 valence electrons. The Balaban J connectivity index is 1.98. The Morgan fingerprint density at radius 2 is 1.46 bits per heavy atom. The van der Waals surface area contributed by atoms with Crippen LogP contribution in [-0.4, -0.2) is 44.3 Å². The number of unbranched alkanes of at least 4 members (excludes halogenated alkanes) is 1. The van der Waals surface area contributed by atoms with Gasteiger partial charge in [-0.2, -0.15) is 0 Å². The molecule has 0 unspecified atom stereocenters. The number of rotatable bonds is 12. The van der Waals surface area contributed by atoms with Crippen molar-refractivity contribution >= 4 is 50.7 Å². The number of nitrogens with zero attached hydrogens (tertiary/aromatic N) is 2. The molecule has 0 heterocycles. The summed E-state index contributed by atoms with van der Waals surface area (Å²) >= 11 is 12.0. The number of benzene rings is 3. The number of hydrogen-bond donors (Lipinski definition) is 1. The van der Waals surface area contributed by atoms with Crippen molar-refractivity contribution in [2.45, 2.75) is 51.1 Å². The highest BCUT2D eigenvalue weighted by Crippen LogP contribution is 2.26. The van der Waals surface area contributed by atoms with Crippen LogP contribution in [0.25, 0.3) is 0 Å². The summed E-state index contributed by atoms with van der Waals surface area (Å²) in [4.78, 5) is 28.2. The minimum atomic E-state index is -4.15. The van der Waals surface area contributed by atoms with E-state index in [1.807, 2.05) is 13.8 Å². The van der Waals surface area contributed by atoms with Crippen LogP contribution in [0.5, 0.6) is 0 Å². The van der Waals surface area contributed by atoms with Crippen molar-refractivity contribution in [2.24, 2.45) is 0 Å². The first kappa shape index (κ1) is 30.5. The van der Waals surface area contributed by atoms with E-state index in [0.29, 0.717) is 22.3 Å². The van der Waals surface area contributed by atoms with Gasteiger partial charge in [0.2, 0.25) is 11.8 Å². The minimum Gasteiger partial charge on any atom is -0.354 e. The average Bonchev–Trinajstić information content (AvgIpc) is 2.91. The van der Waals surface area contributed by atoms with Gasteiger partial charge in [0, 0.05) is 23.1 Å². The zero-order valence-corrected chi connectivity index (χ0v) is 24.6. The maximum Gasteiger partial charge on any atom is 0.264 e. The summed E-state index contributed by atoms with van der Waals surface area (Å²) in [7, 11) is -4.15. The highest BCUT2D eigenvalue weighted by Gasteiger charge is 2.32. The van der Waals surface area contributed by atoms with Crippen LogP contribution < -0.4 is 9.62 Å². The second-order valence-electron chi connectivity index (χ2n) is 9.27. The second-order valence-corrected chi connectivity index (χ2v) is 12.0. The van der Waals surface area contributed by atoms with E-state index in [-0.39, 0.29) is 17.3 Å². The van der Waals surface area contributed by atoms with E-state index in [9.17, 15) is 18.0 Å². The maximum atomic E-state index is 13.9. The second kappa shape index (κ2) is 13.8.